The zero-order valence-electron chi connectivity index (χ0n) is 12.4. The number of aliphatic hydroxyl groups is 1. The summed E-state index contributed by atoms with van der Waals surface area (Å²) in [6, 6.07) is 0.170. The predicted molar refractivity (Wildman–Crippen MR) is 84.2 cm³/mol. The third-order valence-corrected chi connectivity index (χ3v) is 5.03. The van der Waals surface area contributed by atoms with Crippen molar-refractivity contribution in [2.75, 3.05) is 0 Å². The minimum absolute atomic E-state index is 0.0442. The molecule has 0 aliphatic carbocycles. The van der Waals surface area contributed by atoms with Crippen LogP contribution in [0.25, 0.3) is 5.76 Å². The minimum Gasteiger partial charge on any atom is -0.504 e. The Labute approximate surface area is 140 Å². The van der Waals surface area contributed by atoms with E-state index in [1.165, 1.54) is 12.4 Å². The first-order chi connectivity index (χ1) is 11.9. The number of allylic oxidation sites excluding steroid dienone is 5. The van der Waals surface area contributed by atoms with Crippen LogP contribution in [0.2, 0.25) is 0 Å². The molecule has 0 spiro atoms. The van der Waals surface area contributed by atoms with Crippen molar-refractivity contribution in [1.82, 2.24) is 15.2 Å². The molecular formula is C15H10FN3O5S. The van der Waals surface area contributed by atoms with Gasteiger partial charge < -0.3 is 9.52 Å². The molecule has 4 rings (SSSR count). The number of aromatic nitrogens is 3. The second kappa shape index (κ2) is 6.32. The molecule has 2 bridgehead atoms. The van der Waals surface area contributed by atoms with Crippen molar-refractivity contribution in [2.24, 2.45) is 0 Å². The second-order valence-corrected chi connectivity index (χ2v) is 6.75. The number of hydrogen-bond donors (Lipinski definition) is 2. The fourth-order valence-corrected chi connectivity index (χ4v) is 3.26. The number of H-pyrrole nitrogens is 1. The summed E-state index contributed by atoms with van der Waals surface area (Å²) >= 11 is 0. The lowest BCUT2D eigenvalue weighted by Crippen LogP contribution is -1.98. The van der Waals surface area contributed by atoms with E-state index < -0.39 is 27.4 Å². The van der Waals surface area contributed by atoms with Gasteiger partial charge in [-0.15, -0.1) is 0 Å². The van der Waals surface area contributed by atoms with Crippen molar-refractivity contribution in [3.63, 3.8) is 0 Å². The standard InChI is InChI=1S/C9H6FN3O3.C6H4O2S/c10-8-5(1-2-16-8)6(14)3-7(15)9-11-4-12-13-9;7-9(8)5-1-2-6(9)4-3-5/h1-4,15H,(H,11,12,13);1-4H. The first-order valence-electron chi connectivity index (χ1n) is 6.79. The van der Waals surface area contributed by atoms with E-state index in [2.05, 4.69) is 19.6 Å². The monoisotopic (exact) mass is 363 g/mol. The molecule has 2 aromatic heterocycles. The molecule has 2 aliphatic rings. The van der Waals surface area contributed by atoms with Crippen LogP contribution in [0.1, 0.15) is 16.2 Å². The number of carbonyl (C=O) groups excluding carboxylic acids is 1. The van der Waals surface area contributed by atoms with Gasteiger partial charge in [0.25, 0.3) is 6.01 Å². The van der Waals surface area contributed by atoms with Crippen LogP contribution in [-0.2, 0) is 9.84 Å². The molecule has 8 nitrogen and oxygen atoms in total. The van der Waals surface area contributed by atoms with Crippen LogP contribution in [-0.4, -0.2) is 34.5 Å². The average molecular weight is 363 g/mol. The Balaban J connectivity index is 0.000000170. The van der Waals surface area contributed by atoms with E-state index in [9.17, 15) is 22.7 Å². The third-order valence-electron chi connectivity index (χ3n) is 3.24. The van der Waals surface area contributed by atoms with Gasteiger partial charge in [-0.05, 0) is 30.4 Å². The summed E-state index contributed by atoms with van der Waals surface area (Å²) in [5.41, 5.74) is -0.262. The summed E-state index contributed by atoms with van der Waals surface area (Å²) in [7, 11) is -2.98. The highest BCUT2D eigenvalue weighted by Crippen LogP contribution is 2.32. The molecule has 2 N–H and O–H groups in total. The lowest BCUT2D eigenvalue weighted by Gasteiger charge is -1.92. The average Bonchev–Trinajstić information content (AvgIpc) is 3.34. The number of sulfone groups is 1. The summed E-state index contributed by atoms with van der Waals surface area (Å²) in [4.78, 5) is 15.9. The third kappa shape index (κ3) is 3.19. The topological polar surface area (TPSA) is 126 Å². The van der Waals surface area contributed by atoms with Crippen LogP contribution in [0, 0.1) is 6.01 Å². The Kier molecular flexibility index (Phi) is 4.19. The highest BCUT2D eigenvalue weighted by atomic mass is 32.2. The van der Waals surface area contributed by atoms with Gasteiger partial charge in [0.2, 0.25) is 15.7 Å². The molecule has 0 aromatic carbocycles. The van der Waals surface area contributed by atoms with Crippen molar-refractivity contribution < 1.29 is 27.1 Å². The number of aliphatic hydroxyl groups excluding tert-OH is 1. The van der Waals surface area contributed by atoms with Crippen molar-refractivity contribution in [3.8, 4) is 0 Å². The van der Waals surface area contributed by atoms with Gasteiger partial charge in [-0.1, -0.05) is 0 Å². The summed E-state index contributed by atoms with van der Waals surface area (Å²) in [5.74, 6) is -1.22. The SMILES string of the molecule is O=C(C=C(O)c1nc[nH]n1)c1ccoc1F.O=S1(=O)C2=CC=C1C=C2. The van der Waals surface area contributed by atoms with Crippen molar-refractivity contribution in [1.29, 1.82) is 0 Å². The van der Waals surface area contributed by atoms with E-state index in [0.717, 1.165) is 12.3 Å². The lowest BCUT2D eigenvalue weighted by atomic mass is 10.2. The zero-order chi connectivity index (χ0) is 18.0. The van der Waals surface area contributed by atoms with Crippen molar-refractivity contribution >= 4 is 21.4 Å². The number of furan rings is 1. The number of aromatic amines is 1. The molecule has 0 radical (unpaired) electrons. The molecule has 0 saturated heterocycles. The zero-order valence-corrected chi connectivity index (χ0v) is 13.2. The fourth-order valence-electron chi connectivity index (χ4n) is 2.00. The molecule has 0 fully saturated rings. The molecule has 10 heteroatoms. The maximum Gasteiger partial charge on any atom is 0.289 e. The first kappa shape index (κ1) is 16.6. The minimum atomic E-state index is -2.98. The Morgan fingerprint density at radius 2 is 1.96 bits per heavy atom. The number of halogens is 1. The molecule has 0 amide bonds. The maximum absolute atomic E-state index is 12.9. The summed E-state index contributed by atoms with van der Waals surface area (Å²) in [6.07, 6.45) is 9.56. The fraction of sp³-hybridized carbons (Fsp3) is 0. The van der Waals surface area contributed by atoms with Crippen molar-refractivity contribution in [3.05, 3.63) is 76.2 Å². The van der Waals surface area contributed by atoms with Crippen LogP contribution >= 0.6 is 0 Å². The normalized spacial score (nSPS) is 16.9. The summed E-state index contributed by atoms with van der Waals surface area (Å²) < 4.78 is 39.1. The second-order valence-electron chi connectivity index (χ2n) is 4.80. The molecule has 0 saturated carbocycles. The van der Waals surface area contributed by atoms with Gasteiger partial charge in [-0.3, -0.25) is 9.89 Å². The Morgan fingerprint density at radius 3 is 2.36 bits per heavy atom. The Morgan fingerprint density at radius 1 is 1.28 bits per heavy atom. The summed E-state index contributed by atoms with van der Waals surface area (Å²) in [5, 5.41) is 15.3. The van der Waals surface area contributed by atoms with Crippen LogP contribution in [0.5, 0.6) is 0 Å². The van der Waals surface area contributed by atoms with Gasteiger partial charge in [0.15, 0.2) is 11.5 Å². The van der Waals surface area contributed by atoms with Gasteiger partial charge in [0.05, 0.1) is 21.6 Å². The van der Waals surface area contributed by atoms with Crippen molar-refractivity contribution in [2.45, 2.75) is 0 Å². The van der Waals surface area contributed by atoms with E-state index in [1.807, 2.05) is 0 Å². The number of rotatable bonds is 3. The molecule has 0 unspecified atom stereocenters. The molecule has 2 aromatic rings. The highest BCUT2D eigenvalue weighted by molar-refractivity contribution is 8.00. The van der Waals surface area contributed by atoms with Crippen LogP contribution in [0.15, 0.2) is 63.3 Å². The van der Waals surface area contributed by atoms with Crippen LogP contribution in [0.4, 0.5) is 4.39 Å². The largest absolute Gasteiger partial charge is 0.504 e. The maximum atomic E-state index is 12.9. The molecule has 2 aliphatic heterocycles. The van der Waals surface area contributed by atoms with Gasteiger partial charge in [-0.2, -0.15) is 9.49 Å². The smallest absolute Gasteiger partial charge is 0.289 e. The van der Waals surface area contributed by atoms with Crippen LogP contribution < -0.4 is 0 Å². The summed E-state index contributed by atoms with van der Waals surface area (Å²) in [6.45, 7) is 0. The number of fused-ring (bicyclic) bond motifs is 2. The number of nitrogens with one attached hydrogen (secondary N) is 1. The highest BCUT2D eigenvalue weighted by Gasteiger charge is 2.28. The van der Waals surface area contributed by atoms with E-state index in [-0.39, 0.29) is 11.4 Å². The molecule has 4 heterocycles. The lowest BCUT2D eigenvalue weighted by molar-refractivity contribution is 0.103. The quantitative estimate of drug-likeness (QED) is 0.485. The van der Waals surface area contributed by atoms with E-state index in [4.69, 9.17) is 0 Å². The molecular weight excluding hydrogens is 353 g/mol. The molecule has 25 heavy (non-hydrogen) atoms. The Hall–Kier alpha value is -3.27. The van der Waals surface area contributed by atoms with E-state index in [0.29, 0.717) is 9.81 Å². The number of carbonyl (C=O) groups is 1. The number of ketones is 1. The van der Waals surface area contributed by atoms with E-state index in [1.54, 1.807) is 24.3 Å². The number of nitrogens with zero attached hydrogens (tertiary/aromatic N) is 2. The van der Waals surface area contributed by atoms with Gasteiger partial charge in [0.1, 0.15) is 6.33 Å². The Bertz CT molecular complexity index is 1010. The molecule has 128 valence electrons. The number of hydrogen-bond acceptors (Lipinski definition) is 7. The molecule has 0 atom stereocenters. The van der Waals surface area contributed by atoms with E-state index >= 15 is 0 Å². The first-order valence-corrected chi connectivity index (χ1v) is 8.27. The van der Waals surface area contributed by atoms with Crippen LogP contribution in [0.3, 0.4) is 0 Å². The van der Waals surface area contributed by atoms with Gasteiger partial charge in [-0.25, -0.2) is 13.4 Å². The van der Waals surface area contributed by atoms with Gasteiger partial charge >= 0.3 is 0 Å². The predicted octanol–water partition coefficient (Wildman–Crippen LogP) is 2.07. The van der Waals surface area contributed by atoms with Gasteiger partial charge in [0, 0.05) is 6.08 Å².